The number of amides is 3. The van der Waals surface area contributed by atoms with Crippen LogP contribution < -0.4 is 5.32 Å². The summed E-state index contributed by atoms with van der Waals surface area (Å²) < 4.78 is 6.01. The van der Waals surface area contributed by atoms with Crippen LogP contribution in [0.2, 0.25) is 0 Å². The van der Waals surface area contributed by atoms with Crippen molar-refractivity contribution in [2.45, 2.75) is 69.8 Å². The average molecular weight is 658 g/mol. The van der Waals surface area contributed by atoms with E-state index in [2.05, 4.69) is 48.5 Å². The molecule has 3 aromatic rings. The molecule has 3 amide bonds. The number of anilines is 1. The summed E-state index contributed by atoms with van der Waals surface area (Å²) >= 11 is 0. The zero-order chi connectivity index (χ0) is 33.3. The number of ether oxygens (including phenoxy) is 1. The van der Waals surface area contributed by atoms with Crippen LogP contribution in [0.5, 0.6) is 0 Å². The molecule has 256 valence electrons. The standard InChI is InChI=1S/C35H47N9O4/c1-25-21-26(22-31-32(25)38-39-37-31)24-48-34(47)44-15-10-29(43-14-7-27-5-3-4-6-30(27)36-33(43)46)23-35(44,11-20-45)42-12-8-28(9-13-42)41-18-16-40(2)17-19-41/h3-6,20-22,28-29H,7-19,23-24H2,1-2H3,(H,36,46)(H,37,38,39)/t29-,35+/m1/s1. The van der Waals surface area contributed by atoms with Crippen molar-refractivity contribution in [2.24, 2.45) is 0 Å². The molecule has 4 aliphatic heterocycles. The third kappa shape index (κ3) is 6.38. The van der Waals surface area contributed by atoms with E-state index in [0.717, 1.165) is 98.2 Å². The van der Waals surface area contributed by atoms with Gasteiger partial charge in [-0.15, -0.1) is 0 Å². The number of carbonyl (C=O) groups is 3. The monoisotopic (exact) mass is 657 g/mol. The zero-order valence-electron chi connectivity index (χ0n) is 28.1. The Bertz CT molecular complexity index is 1630. The highest BCUT2D eigenvalue weighted by Crippen LogP contribution is 2.40. The van der Waals surface area contributed by atoms with Gasteiger partial charge in [-0.25, -0.2) is 9.59 Å². The van der Waals surface area contributed by atoms with E-state index in [9.17, 15) is 14.4 Å². The molecule has 48 heavy (non-hydrogen) atoms. The summed E-state index contributed by atoms with van der Waals surface area (Å²) in [5.41, 5.74) is 4.33. The number of urea groups is 1. The number of aromatic amines is 1. The highest BCUT2D eigenvalue weighted by molar-refractivity contribution is 5.91. The number of nitrogens with zero attached hydrogens (tertiary/aromatic N) is 7. The van der Waals surface area contributed by atoms with Gasteiger partial charge in [-0.3, -0.25) is 14.7 Å². The highest BCUT2D eigenvalue weighted by atomic mass is 16.6. The quantitative estimate of drug-likeness (QED) is 0.367. The SMILES string of the molecule is Cc1cc(COC(=O)N2CC[C@@H](N3CCc4ccccc4NC3=O)C[C@@]2(CC=O)N2CCC(N3CCN(C)CC3)CC2)cc2n[nH]nc12. The fourth-order valence-electron chi connectivity index (χ4n) is 8.43. The Morgan fingerprint density at radius 3 is 2.56 bits per heavy atom. The lowest BCUT2D eigenvalue weighted by Crippen LogP contribution is -2.70. The van der Waals surface area contributed by atoms with Crippen molar-refractivity contribution < 1.29 is 19.1 Å². The van der Waals surface area contributed by atoms with E-state index in [0.29, 0.717) is 32.0 Å². The van der Waals surface area contributed by atoms with Crippen LogP contribution in [0.4, 0.5) is 15.3 Å². The molecule has 7 rings (SSSR count). The summed E-state index contributed by atoms with van der Waals surface area (Å²) in [5.74, 6) is 0. The van der Waals surface area contributed by atoms with Gasteiger partial charge in [0.1, 0.15) is 29.6 Å². The second-order valence-electron chi connectivity index (χ2n) is 13.9. The predicted molar refractivity (Wildman–Crippen MR) is 181 cm³/mol. The van der Waals surface area contributed by atoms with Gasteiger partial charge in [-0.1, -0.05) is 24.3 Å². The van der Waals surface area contributed by atoms with Gasteiger partial charge < -0.3 is 24.6 Å². The van der Waals surface area contributed by atoms with Crippen LogP contribution >= 0.6 is 0 Å². The molecule has 2 N–H and O–H groups in total. The summed E-state index contributed by atoms with van der Waals surface area (Å²) in [5, 5.41) is 14.2. The molecule has 2 aromatic carbocycles. The molecule has 4 aliphatic rings. The number of piperidine rings is 2. The number of hydrogen-bond acceptors (Lipinski definition) is 9. The lowest BCUT2D eigenvalue weighted by molar-refractivity contribution is -0.128. The fourth-order valence-corrected chi connectivity index (χ4v) is 8.43. The number of likely N-dealkylation sites (tertiary alicyclic amines) is 2. The van der Waals surface area contributed by atoms with Crippen LogP contribution in [0, 0.1) is 6.92 Å². The van der Waals surface area contributed by atoms with E-state index in [1.54, 1.807) is 4.90 Å². The number of piperazine rings is 1. The average Bonchev–Trinajstić information content (AvgIpc) is 3.51. The van der Waals surface area contributed by atoms with Crippen LogP contribution in [0.1, 0.15) is 48.8 Å². The molecule has 0 radical (unpaired) electrons. The number of aryl methyl sites for hydroxylation is 1. The van der Waals surface area contributed by atoms with Crippen LogP contribution in [-0.2, 0) is 22.6 Å². The first-order valence-electron chi connectivity index (χ1n) is 17.4. The van der Waals surface area contributed by atoms with Gasteiger partial charge in [0.2, 0.25) is 0 Å². The number of rotatable bonds is 7. The Hall–Kier alpha value is -4.07. The molecule has 13 heteroatoms. The summed E-state index contributed by atoms with van der Waals surface area (Å²) in [6, 6.07) is 12.0. The maximum atomic E-state index is 14.1. The van der Waals surface area contributed by atoms with Gasteiger partial charge in [0.05, 0.1) is 0 Å². The van der Waals surface area contributed by atoms with Gasteiger partial charge in [-0.05, 0) is 68.5 Å². The first-order chi connectivity index (χ1) is 23.3. The number of nitrogens with one attached hydrogen (secondary N) is 2. The molecule has 3 saturated heterocycles. The third-order valence-corrected chi connectivity index (χ3v) is 11.1. The van der Waals surface area contributed by atoms with Crippen LogP contribution in [0.25, 0.3) is 11.0 Å². The Morgan fingerprint density at radius 1 is 1.00 bits per heavy atom. The van der Waals surface area contributed by atoms with Crippen molar-refractivity contribution in [1.29, 1.82) is 0 Å². The molecule has 5 heterocycles. The van der Waals surface area contributed by atoms with Crippen LogP contribution in [-0.4, -0.2) is 135 Å². The molecular formula is C35H47N9O4. The number of H-pyrrole nitrogens is 1. The number of carbonyl (C=O) groups excluding carboxylic acids is 3. The van der Waals surface area contributed by atoms with Gasteiger partial charge in [-0.2, -0.15) is 15.4 Å². The molecule has 0 bridgehead atoms. The molecule has 1 aromatic heterocycles. The van der Waals surface area contributed by atoms with Crippen molar-refractivity contribution in [3.8, 4) is 0 Å². The maximum absolute atomic E-state index is 14.1. The van der Waals surface area contributed by atoms with E-state index >= 15 is 0 Å². The molecule has 3 fully saturated rings. The molecule has 13 nitrogen and oxygen atoms in total. The number of aromatic nitrogens is 3. The third-order valence-electron chi connectivity index (χ3n) is 11.1. The molecule has 0 saturated carbocycles. The zero-order valence-corrected chi connectivity index (χ0v) is 28.1. The number of likely N-dealkylation sites (N-methyl/N-ethyl adjacent to an activating group) is 1. The van der Waals surface area contributed by atoms with E-state index in [1.165, 1.54) is 0 Å². The van der Waals surface area contributed by atoms with Crippen LogP contribution in [0.15, 0.2) is 36.4 Å². The summed E-state index contributed by atoms with van der Waals surface area (Å²) in [6.07, 6.45) is 4.40. The Morgan fingerprint density at radius 2 is 1.77 bits per heavy atom. The number of hydrogen-bond donors (Lipinski definition) is 2. The largest absolute Gasteiger partial charge is 0.444 e. The summed E-state index contributed by atoms with van der Waals surface area (Å²) in [6.45, 7) is 8.79. The number of benzene rings is 2. The molecule has 0 spiro atoms. The minimum atomic E-state index is -0.903. The fraction of sp³-hybridized carbons (Fsp3) is 0.571. The lowest BCUT2D eigenvalue weighted by Gasteiger charge is -2.57. The number of fused-ring (bicyclic) bond motifs is 2. The van der Waals surface area contributed by atoms with Gasteiger partial charge >= 0.3 is 12.1 Å². The maximum Gasteiger partial charge on any atom is 0.411 e. The Kier molecular flexibility index (Phi) is 9.34. The Balaban J connectivity index is 1.13. The van der Waals surface area contributed by atoms with Gasteiger partial charge in [0, 0.05) is 83.0 Å². The predicted octanol–water partition coefficient (Wildman–Crippen LogP) is 3.45. The topological polar surface area (TPSA) is 130 Å². The van der Waals surface area contributed by atoms with Crippen LogP contribution in [0.3, 0.4) is 0 Å². The van der Waals surface area contributed by atoms with Crippen molar-refractivity contribution in [1.82, 2.24) is 39.9 Å². The van der Waals surface area contributed by atoms with E-state index in [-0.39, 0.29) is 25.1 Å². The smallest absolute Gasteiger partial charge is 0.411 e. The normalized spacial score (nSPS) is 25.0. The van der Waals surface area contributed by atoms with Crippen molar-refractivity contribution in [3.63, 3.8) is 0 Å². The highest BCUT2D eigenvalue weighted by Gasteiger charge is 2.52. The molecule has 0 aliphatic carbocycles. The van der Waals surface area contributed by atoms with Gasteiger partial charge in [0.15, 0.2) is 0 Å². The van der Waals surface area contributed by atoms with E-state index < -0.39 is 11.8 Å². The van der Waals surface area contributed by atoms with E-state index in [1.807, 2.05) is 42.2 Å². The molecule has 0 unspecified atom stereocenters. The Labute approximate surface area is 281 Å². The molecule has 2 atom stereocenters. The lowest BCUT2D eigenvalue weighted by atomic mass is 9.84. The molecular weight excluding hydrogens is 610 g/mol. The summed E-state index contributed by atoms with van der Waals surface area (Å²) in [7, 11) is 2.17. The van der Waals surface area contributed by atoms with Crippen molar-refractivity contribution in [2.75, 3.05) is 64.7 Å². The second kappa shape index (κ2) is 13.8. The number of para-hydroxylation sites is 1. The number of aldehydes is 1. The first kappa shape index (κ1) is 32.5. The van der Waals surface area contributed by atoms with Gasteiger partial charge in [0.25, 0.3) is 0 Å². The second-order valence-corrected chi connectivity index (χ2v) is 13.9. The minimum absolute atomic E-state index is 0.0812. The minimum Gasteiger partial charge on any atom is -0.444 e. The van der Waals surface area contributed by atoms with Crippen molar-refractivity contribution in [3.05, 3.63) is 53.1 Å². The summed E-state index contributed by atoms with van der Waals surface area (Å²) in [4.78, 5) is 51.4. The van der Waals surface area contributed by atoms with E-state index in [4.69, 9.17) is 4.74 Å². The van der Waals surface area contributed by atoms with Crippen molar-refractivity contribution >= 4 is 35.1 Å². The first-order valence-corrected chi connectivity index (χ1v) is 17.4.